The molecule has 2 fully saturated rings. The summed E-state index contributed by atoms with van der Waals surface area (Å²) in [6.07, 6.45) is 3.70. The highest BCUT2D eigenvalue weighted by atomic mass is 35.5. The van der Waals surface area contributed by atoms with Gasteiger partial charge in [-0.25, -0.2) is 0 Å². The molecule has 0 spiro atoms. The quantitative estimate of drug-likeness (QED) is 0.897. The third-order valence-corrected chi connectivity index (χ3v) is 5.09. The molecule has 2 aliphatic rings. The van der Waals surface area contributed by atoms with Gasteiger partial charge in [-0.3, -0.25) is 4.90 Å². The first-order valence-electron chi connectivity index (χ1n) is 7.72. The summed E-state index contributed by atoms with van der Waals surface area (Å²) >= 11 is 6.16. The van der Waals surface area contributed by atoms with E-state index in [1.165, 1.54) is 19.3 Å². The number of nitrogens with zero attached hydrogens (tertiary/aromatic N) is 1. The van der Waals surface area contributed by atoms with E-state index in [4.69, 9.17) is 16.3 Å². The summed E-state index contributed by atoms with van der Waals surface area (Å²) < 4.78 is 5.51. The topological polar surface area (TPSA) is 44.7 Å². The van der Waals surface area contributed by atoms with Gasteiger partial charge in [-0.15, -0.1) is 0 Å². The second-order valence-electron chi connectivity index (χ2n) is 5.93. The van der Waals surface area contributed by atoms with Crippen LogP contribution >= 0.6 is 11.6 Å². The van der Waals surface area contributed by atoms with E-state index < -0.39 is 0 Å². The van der Waals surface area contributed by atoms with Crippen LogP contribution in [-0.4, -0.2) is 43.3 Å². The molecular weight excluding hydrogens is 288 g/mol. The van der Waals surface area contributed by atoms with E-state index in [1.54, 1.807) is 13.2 Å². The number of aromatic hydroxyl groups is 1. The van der Waals surface area contributed by atoms with Crippen LogP contribution in [0.1, 0.15) is 30.9 Å². The molecule has 0 amide bonds. The molecule has 1 atom stereocenters. The van der Waals surface area contributed by atoms with Crippen LogP contribution in [0.4, 0.5) is 0 Å². The maximum atomic E-state index is 10.5. The second-order valence-corrected chi connectivity index (χ2v) is 6.34. The summed E-state index contributed by atoms with van der Waals surface area (Å²) in [6.45, 7) is 3.98. The first kappa shape index (κ1) is 14.9. The van der Waals surface area contributed by atoms with Crippen LogP contribution in [0, 0.1) is 5.92 Å². The van der Waals surface area contributed by atoms with Crippen LogP contribution in [0.5, 0.6) is 11.5 Å². The number of halogens is 1. The Morgan fingerprint density at radius 1 is 1.33 bits per heavy atom. The zero-order valence-corrected chi connectivity index (χ0v) is 13.2. The lowest BCUT2D eigenvalue weighted by Crippen LogP contribution is -2.48. The molecule has 5 heteroatoms. The van der Waals surface area contributed by atoms with Gasteiger partial charge in [-0.2, -0.15) is 0 Å². The average molecular weight is 311 g/mol. The summed E-state index contributed by atoms with van der Waals surface area (Å²) in [4.78, 5) is 2.47. The summed E-state index contributed by atoms with van der Waals surface area (Å²) in [5.41, 5.74) is 0.872. The van der Waals surface area contributed by atoms with Crippen molar-refractivity contribution in [2.75, 3.05) is 33.3 Å². The van der Waals surface area contributed by atoms with Crippen LogP contribution in [0.25, 0.3) is 0 Å². The number of ether oxygens (including phenoxy) is 1. The molecule has 116 valence electrons. The number of methoxy groups -OCH3 is 1. The number of phenols is 1. The minimum Gasteiger partial charge on any atom is -0.506 e. The Morgan fingerprint density at radius 2 is 2.05 bits per heavy atom. The molecule has 1 aromatic carbocycles. The fraction of sp³-hybridized carbons (Fsp3) is 0.625. The van der Waals surface area contributed by atoms with Crippen molar-refractivity contribution < 1.29 is 9.84 Å². The Kier molecular flexibility index (Phi) is 4.57. The Hall–Kier alpha value is -0.970. The van der Waals surface area contributed by atoms with E-state index in [9.17, 15) is 5.11 Å². The lowest BCUT2D eigenvalue weighted by atomic mass is 9.75. The molecule has 2 N–H and O–H groups in total. The van der Waals surface area contributed by atoms with Crippen molar-refractivity contribution in [3.8, 4) is 11.5 Å². The molecule has 0 unspecified atom stereocenters. The molecule has 0 aromatic heterocycles. The highest BCUT2D eigenvalue weighted by Gasteiger charge is 2.37. The number of phenolic OH excluding ortho intramolecular Hbond substituents is 1. The Bertz CT molecular complexity index is 499. The maximum absolute atomic E-state index is 10.5. The number of piperazine rings is 1. The van der Waals surface area contributed by atoms with Gasteiger partial charge in [0.15, 0.2) is 0 Å². The second kappa shape index (κ2) is 6.42. The van der Waals surface area contributed by atoms with Gasteiger partial charge in [-0.05, 0) is 30.9 Å². The van der Waals surface area contributed by atoms with Gasteiger partial charge in [0.1, 0.15) is 11.5 Å². The number of rotatable bonds is 4. The third-order valence-electron chi connectivity index (χ3n) is 4.78. The molecule has 1 saturated heterocycles. The van der Waals surface area contributed by atoms with Gasteiger partial charge < -0.3 is 15.2 Å². The average Bonchev–Trinajstić information content (AvgIpc) is 2.47. The van der Waals surface area contributed by atoms with E-state index in [0.29, 0.717) is 10.9 Å². The van der Waals surface area contributed by atoms with Gasteiger partial charge in [0.25, 0.3) is 0 Å². The van der Waals surface area contributed by atoms with Crippen LogP contribution in [-0.2, 0) is 0 Å². The van der Waals surface area contributed by atoms with Crippen molar-refractivity contribution in [3.63, 3.8) is 0 Å². The molecule has 1 aromatic rings. The molecule has 21 heavy (non-hydrogen) atoms. The van der Waals surface area contributed by atoms with Crippen LogP contribution in [0.3, 0.4) is 0 Å². The molecular formula is C16H23ClN2O2. The zero-order valence-electron chi connectivity index (χ0n) is 12.4. The first-order chi connectivity index (χ1) is 10.2. The minimum absolute atomic E-state index is 0.187. The monoisotopic (exact) mass is 310 g/mol. The van der Waals surface area contributed by atoms with Gasteiger partial charge >= 0.3 is 0 Å². The largest absolute Gasteiger partial charge is 0.506 e. The van der Waals surface area contributed by atoms with Gasteiger partial charge in [-0.1, -0.05) is 18.0 Å². The third kappa shape index (κ3) is 2.85. The fourth-order valence-corrected chi connectivity index (χ4v) is 3.62. The highest BCUT2D eigenvalue weighted by Crippen LogP contribution is 2.49. The van der Waals surface area contributed by atoms with Crippen LogP contribution in [0.15, 0.2) is 12.1 Å². The summed E-state index contributed by atoms with van der Waals surface area (Å²) in [7, 11) is 1.65. The zero-order chi connectivity index (χ0) is 14.8. The van der Waals surface area contributed by atoms with Gasteiger partial charge in [0, 0.05) is 32.2 Å². The molecule has 1 saturated carbocycles. The van der Waals surface area contributed by atoms with Crippen molar-refractivity contribution in [2.45, 2.75) is 25.3 Å². The predicted octanol–water partition coefficient (Wildman–Crippen LogP) is 2.80. The minimum atomic E-state index is 0.187. The van der Waals surface area contributed by atoms with Crippen molar-refractivity contribution >= 4 is 11.6 Å². The summed E-state index contributed by atoms with van der Waals surface area (Å²) in [6, 6.07) is 3.77. The van der Waals surface area contributed by atoms with E-state index in [2.05, 4.69) is 10.2 Å². The van der Waals surface area contributed by atoms with Crippen LogP contribution < -0.4 is 10.1 Å². The van der Waals surface area contributed by atoms with Gasteiger partial charge in [0.05, 0.1) is 17.7 Å². The van der Waals surface area contributed by atoms with E-state index in [0.717, 1.165) is 37.5 Å². The highest BCUT2D eigenvalue weighted by molar-refractivity contribution is 6.32. The van der Waals surface area contributed by atoms with Gasteiger partial charge in [0.2, 0.25) is 0 Å². The van der Waals surface area contributed by atoms with E-state index >= 15 is 0 Å². The molecule has 1 aliphatic heterocycles. The number of hydrogen-bond acceptors (Lipinski definition) is 4. The molecule has 1 heterocycles. The lowest BCUT2D eigenvalue weighted by molar-refractivity contribution is 0.0800. The molecule has 1 aliphatic carbocycles. The Labute approximate surface area is 131 Å². The SMILES string of the molecule is COc1ccc(Cl)c(O)c1[C@@H](C1CCC1)N1CCNCC1. The molecule has 0 bridgehead atoms. The van der Waals surface area contributed by atoms with Crippen molar-refractivity contribution in [2.24, 2.45) is 5.92 Å². The number of benzene rings is 1. The summed E-state index contributed by atoms with van der Waals surface area (Å²) in [5, 5.41) is 14.3. The molecule has 4 nitrogen and oxygen atoms in total. The number of hydrogen-bond donors (Lipinski definition) is 2. The standard InChI is InChI=1S/C16H23ClN2O2/c1-21-13-6-5-12(17)16(20)14(13)15(11-3-2-4-11)19-9-7-18-8-10-19/h5-6,11,15,18,20H,2-4,7-10H2,1H3/t15-/m1/s1. The number of nitrogens with one attached hydrogen (secondary N) is 1. The van der Waals surface area contributed by atoms with Crippen molar-refractivity contribution in [3.05, 3.63) is 22.7 Å². The maximum Gasteiger partial charge on any atom is 0.142 e. The Balaban J connectivity index is 2.00. The molecule has 3 rings (SSSR count). The Morgan fingerprint density at radius 3 is 2.62 bits per heavy atom. The van der Waals surface area contributed by atoms with Crippen LogP contribution in [0.2, 0.25) is 5.02 Å². The van der Waals surface area contributed by atoms with E-state index in [-0.39, 0.29) is 11.8 Å². The normalized spacial score (nSPS) is 21.8. The predicted molar refractivity (Wildman–Crippen MR) is 84.2 cm³/mol. The smallest absolute Gasteiger partial charge is 0.142 e. The lowest BCUT2D eigenvalue weighted by Gasteiger charge is -2.43. The fourth-order valence-electron chi connectivity index (χ4n) is 3.46. The van der Waals surface area contributed by atoms with Crippen molar-refractivity contribution in [1.29, 1.82) is 0 Å². The molecule has 0 radical (unpaired) electrons. The van der Waals surface area contributed by atoms with Crippen molar-refractivity contribution in [1.82, 2.24) is 10.2 Å². The van der Waals surface area contributed by atoms with E-state index in [1.807, 2.05) is 6.07 Å². The summed E-state index contributed by atoms with van der Waals surface area (Å²) in [5.74, 6) is 1.51. The first-order valence-corrected chi connectivity index (χ1v) is 8.10.